The van der Waals surface area contributed by atoms with Crippen molar-refractivity contribution in [3.05, 3.63) is 35.8 Å². The average molecular weight is 259 g/mol. The molecule has 0 aliphatic rings. The first-order chi connectivity index (χ1) is 9.22. The van der Waals surface area contributed by atoms with Crippen LogP contribution in [0.3, 0.4) is 0 Å². The monoisotopic (exact) mass is 259 g/mol. The van der Waals surface area contributed by atoms with E-state index in [0.717, 1.165) is 17.3 Å². The molecule has 1 aromatic heterocycles. The zero-order valence-electron chi connectivity index (χ0n) is 11.1. The Morgan fingerprint density at radius 2 is 2.11 bits per heavy atom. The molecule has 1 amide bonds. The van der Waals surface area contributed by atoms with Crippen LogP contribution in [0.1, 0.15) is 22.7 Å². The maximum absolute atomic E-state index is 12.1. The molecule has 0 radical (unpaired) electrons. The molecule has 0 unspecified atom stereocenters. The molecular weight excluding hydrogens is 242 g/mol. The number of nitrogens with one attached hydrogen (secondary N) is 1. The molecule has 2 rings (SSSR count). The first-order valence-corrected chi connectivity index (χ1v) is 6.23. The molecule has 5 heteroatoms. The number of para-hydroxylation sites is 1. The Bertz CT molecular complexity index is 584. The molecule has 1 heterocycles. The number of hydrogen-bond acceptors (Lipinski definition) is 4. The summed E-state index contributed by atoms with van der Waals surface area (Å²) in [5.74, 6) is 0.429. The van der Waals surface area contributed by atoms with Crippen LogP contribution in [0.15, 0.2) is 24.3 Å². The van der Waals surface area contributed by atoms with E-state index in [1.54, 1.807) is 14.0 Å². The molecule has 1 aromatic carbocycles. The number of rotatable bonds is 5. The van der Waals surface area contributed by atoms with Gasteiger partial charge in [-0.15, -0.1) is 0 Å². The van der Waals surface area contributed by atoms with Crippen LogP contribution in [0.4, 0.5) is 0 Å². The molecule has 0 spiro atoms. The molecule has 5 nitrogen and oxygen atoms in total. The van der Waals surface area contributed by atoms with E-state index in [4.69, 9.17) is 4.74 Å². The second-order valence-corrected chi connectivity index (χ2v) is 4.24. The van der Waals surface area contributed by atoms with Gasteiger partial charge in [0.05, 0.1) is 5.52 Å². The van der Waals surface area contributed by atoms with E-state index in [0.29, 0.717) is 24.7 Å². The largest absolute Gasteiger partial charge is 0.385 e. The summed E-state index contributed by atoms with van der Waals surface area (Å²) >= 11 is 0. The van der Waals surface area contributed by atoms with E-state index in [-0.39, 0.29) is 5.91 Å². The van der Waals surface area contributed by atoms with Gasteiger partial charge in [-0.05, 0) is 19.4 Å². The summed E-state index contributed by atoms with van der Waals surface area (Å²) in [6.45, 7) is 2.99. The van der Waals surface area contributed by atoms with Gasteiger partial charge in [0.1, 0.15) is 11.5 Å². The van der Waals surface area contributed by atoms with Crippen molar-refractivity contribution in [1.82, 2.24) is 15.3 Å². The Labute approximate surface area is 112 Å². The number of methoxy groups -OCH3 is 1. The van der Waals surface area contributed by atoms with E-state index in [9.17, 15) is 4.79 Å². The fourth-order valence-electron chi connectivity index (χ4n) is 1.87. The predicted octanol–water partition coefficient (Wildman–Crippen LogP) is 1.70. The number of ether oxygens (including phenoxy) is 1. The van der Waals surface area contributed by atoms with Gasteiger partial charge in [0.2, 0.25) is 0 Å². The summed E-state index contributed by atoms with van der Waals surface area (Å²) in [5, 5.41) is 3.62. The summed E-state index contributed by atoms with van der Waals surface area (Å²) in [4.78, 5) is 20.7. The molecule has 0 aliphatic heterocycles. The second-order valence-electron chi connectivity index (χ2n) is 4.24. The van der Waals surface area contributed by atoms with Gasteiger partial charge >= 0.3 is 0 Å². The van der Waals surface area contributed by atoms with Gasteiger partial charge in [-0.25, -0.2) is 9.97 Å². The number of nitrogens with zero attached hydrogens (tertiary/aromatic N) is 2. The highest BCUT2D eigenvalue weighted by atomic mass is 16.5. The van der Waals surface area contributed by atoms with Crippen LogP contribution in [0.2, 0.25) is 0 Å². The Balaban J connectivity index is 2.21. The van der Waals surface area contributed by atoms with Gasteiger partial charge in [-0.1, -0.05) is 18.2 Å². The van der Waals surface area contributed by atoms with Crippen LogP contribution in [0.25, 0.3) is 10.9 Å². The Kier molecular flexibility index (Phi) is 4.41. The molecule has 1 N–H and O–H groups in total. The van der Waals surface area contributed by atoms with Crippen LogP contribution in [0.5, 0.6) is 0 Å². The predicted molar refractivity (Wildman–Crippen MR) is 73.1 cm³/mol. The summed E-state index contributed by atoms with van der Waals surface area (Å²) in [5.41, 5.74) is 1.22. The summed E-state index contributed by atoms with van der Waals surface area (Å²) < 4.78 is 4.94. The maximum Gasteiger partial charge on any atom is 0.270 e. The molecule has 0 aliphatic carbocycles. The molecule has 19 heavy (non-hydrogen) atoms. The van der Waals surface area contributed by atoms with Crippen molar-refractivity contribution in [1.29, 1.82) is 0 Å². The van der Waals surface area contributed by atoms with Crippen LogP contribution in [-0.2, 0) is 4.74 Å². The van der Waals surface area contributed by atoms with Crippen LogP contribution in [-0.4, -0.2) is 36.1 Å². The van der Waals surface area contributed by atoms with Crippen molar-refractivity contribution in [2.45, 2.75) is 13.3 Å². The lowest BCUT2D eigenvalue weighted by Crippen LogP contribution is -2.26. The van der Waals surface area contributed by atoms with Gasteiger partial charge < -0.3 is 10.1 Å². The number of amides is 1. The first kappa shape index (κ1) is 13.4. The molecule has 0 saturated carbocycles. The molecular formula is C14H17N3O2. The van der Waals surface area contributed by atoms with Gasteiger partial charge in [-0.3, -0.25) is 4.79 Å². The van der Waals surface area contributed by atoms with Crippen molar-refractivity contribution < 1.29 is 9.53 Å². The van der Waals surface area contributed by atoms with Crippen LogP contribution < -0.4 is 5.32 Å². The quantitative estimate of drug-likeness (QED) is 0.830. The number of benzene rings is 1. The number of fused-ring (bicyclic) bond motifs is 1. The zero-order chi connectivity index (χ0) is 13.7. The van der Waals surface area contributed by atoms with E-state index < -0.39 is 0 Å². The lowest BCUT2D eigenvalue weighted by Gasteiger charge is -2.07. The third-order valence-electron chi connectivity index (χ3n) is 2.74. The minimum Gasteiger partial charge on any atom is -0.385 e. The zero-order valence-corrected chi connectivity index (χ0v) is 11.1. The van der Waals surface area contributed by atoms with Crippen LogP contribution in [0, 0.1) is 6.92 Å². The second kappa shape index (κ2) is 6.24. The number of aryl methyl sites for hydroxylation is 1. The Morgan fingerprint density at radius 3 is 2.89 bits per heavy atom. The van der Waals surface area contributed by atoms with Gasteiger partial charge in [0, 0.05) is 25.6 Å². The topological polar surface area (TPSA) is 64.1 Å². The molecule has 0 bridgehead atoms. The molecule has 0 atom stereocenters. The SMILES string of the molecule is COCCCNC(=O)c1nc(C)nc2ccccc12. The molecule has 100 valence electrons. The van der Waals surface area contributed by atoms with Crippen LogP contribution >= 0.6 is 0 Å². The lowest BCUT2D eigenvalue weighted by molar-refractivity contribution is 0.0945. The minimum atomic E-state index is -0.169. The standard InChI is InChI=1S/C14H17N3O2/c1-10-16-12-7-4-3-6-11(12)13(17-10)14(18)15-8-5-9-19-2/h3-4,6-7H,5,8-9H2,1-2H3,(H,15,18). The van der Waals surface area contributed by atoms with Gasteiger partial charge in [0.25, 0.3) is 5.91 Å². The third-order valence-corrected chi connectivity index (χ3v) is 2.74. The number of aromatic nitrogens is 2. The van der Waals surface area contributed by atoms with Crippen molar-refractivity contribution in [3.8, 4) is 0 Å². The van der Waals surface area contributed by atoms with E-state index in [1.165, 1.54) is 0 Å². The van der Waals surface area contributed by atoms with E-state index in [1.807, 2.05) is 24.3 Å². The van der Waals surface area contributed by atoms with Gasteiger partial charge in [0.15, 0.2) is 0 Å². The summed E-state index contributed by atoms with van der Waals surface area (Å²) in [6.07, 6.45) is 0.782. The maximum atomic E-state index is 12.1. The summed E-state index contributed by atoms with van der Waals surface area (Å²) in [6, 6.07) is 7.52. The van der Waals surface area contributed by atoms with Crippen molar-refractivity contribution in [3.63, 3.8) is 0 Å². The number of carbonyl (C=O) groups is 1. The van der Waals surface area contributed by atoms with Crippen molar-refractivity contribution in [2.75, 3.05) is 20.3 Å². The average Bonchev–Trinajstić information content (AvgIpc) is 2.42. The number of carbonyl (C=O) groups excluding carboxylic acids is 1. The van der Waals surface area contributed by atoms with Crippen molar-refractivity contribution in [2.24, 2.45) is 0 Å². The van der Waals surface area contributed by atoms with E-state index in [2.05, 4.69) is 15.3 Å². The fourth-order valence-corrected chi connectivity index (χ4v) is 1.87. The fraction of sp³-hybridized carbons (Fsp3) is 0.357. The van der Waals surface area contributed by atoms with Gasteiger partial charge in [-0.2, -0.15) is 0 Å². The smallest absolute Gasteiger partial charge is 0.270 e. The van der Waals surface area contributed by atoms with Crippen molar-refractivity contribution >= 4 is 16.8 Å². The highest BCUT2D eigenvalue weighted by Crippen LogP contribution is 2.15. The molecule has 0 fully saturated rings. The lowest BCUT2D eigenvalue weighted by atomic mass is 10.1. The molecule has 2 aromatic rings. The minimum absolute atomic E-state index is 0.169. The number of hydrogen-bond donors (Lipinski definition) is 1. The first-order valence-electron chi connectivity index (χ1n) is 6.23. The highest BCUT2D eigenvalue weighted by molar-refractivity contribution is 6.04. The normalized spacial score (nSPS) is 10.6. The molecule has 0 saturated heterocycles. The highest BCUT2D eigenvalue weighted by Gasteiger charge is 2.12. The van der Waals surface area contributed by atoms with E-state index >= 15 is 0 Å². The third kappa shape index (κ3) is 3.26. The summed E-state index contributed by atoms with van der Waals surface area (Å²) in [7, 11) is 1.64. The Hall–Kier alpha value is -2.01. The Morgan fingerprint density at radius 1 is 1.32 bits per heavy atom.